The largest absolute Gasteiger partial charge is 0.234 e. The molecule has 97 valence electrons. The van der Waals surface area contributed by atoms with E-state index in [1.807, 2.05) is 12.1 Å². The lowest BCUT2D eigenvalue weighted by atomic mass is 10.0. The van der Waals surface area contributed by atoms with Crippen LogP contribution in [0.15, 0.2) is 29.3 Å². The molecular weight excluding hydrogens is 222 g/mol. The van der Waals surface area contributed by atoms with Crippen LogP contribution in [0.3, 0.4) is 0 Å². The Morgan fingerprint density at radius 1 is 1.00 bits per heavy atom. The average Bonchev–Trinajstić information content (AvgIpc) is 2.42. The van der Waals surface area contributed by atoms with E-state index >= 15 is 0 Å². The molecule has 0 fully saturated rings. The molecule has 0 saturated carbocycles. The topological polar surface area (TPSA) is 29.4 Å². The molecule has 0 aliphatic heterocycles. The maximum atomic E-state index is 9.83. The first-order valence-corrected chi connectivity index (χ1v) is 6.92. The molecule has 0 aromatic heterocycles. The van der Waals surface area contributed by atoms with Crippen LogP contribution in [0.4, 0.5) is 0 Å². The van der Waals surface area contributed by atoms with E-state index < -0.39 is 0 Å². The molecule has 1 aromatic rings. The van der Waals surface area contributed by atoms with E-state index in [-0.39, 0.29) is 0 Å². The monoisotopic (exact) mass is 244 g/mol. The highest BCUT2D eigenvalue weighted by Gasteiger charge is 1.94. The first-order valence-electron chi connectivity index (χ1n) is 6.92. The first-order chi connectivity index (χ1) is 8.93. The molecule has 1 radical (unpaired) electrons. The lowest BCUT2D eigenvalue weighted by Gasteiger charge is -2.02. The summed E-state index contributed by atoms with van der Waals surface area (Å²) in [7, 11) is 0. The van der Waals surface area contributed by atoms with Crippen molar-refractivity contribution in [2.75, 3.05) is 6.54 Å². The summed E-state index contributed by atoms with van der Waals surface area (Å²) < 4.78 is 0. The number of hydrogen-bond donors (Lipinski definition) is 0. The van der Waals surface area contributed by atoms with Crippen molar-refractivity contribution in [2.45, 2.75) is 51.4 Å². The lowest BCUT2D eigenvalue weighted by molar-refractivity contribution is 0.558. The SMILES string of the molecule is O=C=NCCCCCCCCCc1[c]cccc1. The van der Waals surface area contributed by atoms with Crippen LogP contribution in [-0.4, -0.2) is 12.6 Å². The maximum absolute atomic E-state index is 9.83. The van der Waals surface area contributed by atoms with Crippen LogP contribution in [0.1, 0.15) is 50.5 Å². The predicted molar refractivity (Wildman–Crippen MR) is 74.3 cm³/mol. The minimum Gasteiger partial charge on any atom is -0.211 e. The summed E-state index contributed by atoms with van der Waals surface area (Å²) in [6.07, 6.45) is 11.3. The highest BCUT2D eigenvalue weighted by molar-refractivity contribution is 5.32. The summed E-state index contributed by atoms with van der Waals surface area (Å²) in [5.41, 5.74) is 1.32. The third-order valence-corrected chi connectivity index (χ3v) is 3.05. The summed E-state index contributed by atoms with van der Waals surface area (Å²) >= 11 is 0. The second kappa shape index (κ2) is 10.7. The Morgan fingerprint density at radius 3 is 2.39 bits per heavy atom. The van der Waals surface area contributed by atoms with Gasteiger partial charge in [0.2, 0.25) is 6.08 Å². The Labute approximate surface area is 110 Å². The van der Waals surface area contributed by atoms with Crippen LogP contribution in [-0.2, 0) is 11.2 Å². The van der Waals surface area contributed by atoms with Gasteiger partial charge in [-0.25, -0.2) is 9.79 Å². The van der Waals surface area contributed by atoms with Gasteiger partial charge in [0.1, 0.15) is 0 Å². The third kappa shape index (κ3) is 7.81. The number of hydrogen-bond acceptors (Lipinski definition) is 2. The normalized spacial score (nSPS) is 10.0. The molecule has 0 saturated heterocycles. The molecule has 0 spiro atoms. The summed E-state index contributed by atoms with van der Waals surface area (Å²) in [5, 5.41) is 0. The van der Waals surface area contributed by atoms with E-state index in [1.54, 1.807) is 6.08 Å². The van der Waals surface area contributed by atoms with Crippen LogP contribution < -0.4 is 0 Å². The molecule has 0 heterocycles. The van der Waals surface area contributed by atoms with E-state index in [0.717, 1.165) is 12.8 Å². The van der Waals surface area contributed by atoms with Crippen molar-refractivity contribution >= 4 is 6.08 Å². The maximum Gasteiger partial charge on any atom is 0.234 e. The molecule has 2 heteroatoms. The van der Waals surface area contributed by atoms with Crippen molar-refractivity contribution in [3.05, 3.63) is 35.9 Å². The molecule has 0 bridgehead atoms. The Hall–Kier alpha value is -1.40. The minimum absolute atomic E-state index is 0.646. The molecule has 0 atom stereocenters. The van der Waals surface area contributed by atoms with Gasteiger partial charge in [-0.05, 0) is 30.9 Å². The molecule has 18 heavy (non-hydrogen) atoms. The van der Waals surface area contributed by atoms with Crippen LogP contribution >= 0.6 is 0 Å². The number of isocyanates is 1. The fourth-order valence-corrected chi connectivity index (χ4v) is 2.02. The molecular formula is C16H22NO. The smallest absolute Gasteiger partial charge is 0.211 e. The second-order valence-electron chi connectivity index (χ2n) is 4.59. The van der Waals surface area contributed by atoms with Gasteiger partial charge in [-0.2, -0.15) is 0 Å². The van der Waals surface area contributed by atoms with Gasteiger partial charge in [0.05, 0.1) is 6.54 Å². The van der Waals surface area contributed by atoms with Gasteiger partial charge < -0.3 is 0 Å². The number of aryl methyl sites for hydroxylation is 1. The summed E-state index contributed by atoms with van der Waals surface area (Å²) in [5.74, 6) is 0. The van der Waals surface area contributed by atoms with Gasteiger partial charge >= 0.3 is 0 Å². The van der Waals surface area contributed by atoms with Gasteiger partial charge in [0.15, 0.2) is 0 Å². The molecule has 1 rings (SSSR count). The van der Waals surface area contributed by atoms with Crippen molar-refractivity contribution in [1.29, 1.82) is 0 Å². The molecule has 1 aromatic carbocycles. The first kappa shape index (κ1) is 14.7. The Morgan fingerprint density at radius 2 is 1.72 bits per heavy atom. The zero-order valence-electron chi connectivity index (χ0n) is 11.0. The number of benzene rings is 1. The Kier molecular flexibility index (Phi) is 8.74. The number of rotatable bonds is 10. The summed E-state index contributed by atoms with van der Waals surface area (Å²) in [6.45, 7) is 0.646. The second-order valence-corrected chi connectivity index (χ2v) is 4.59. The fourth-order valence-electron chi connectivity index (χ4n) is 2.02. The van der Waals surface area contributed by atoms with Crippen LogP contribution in [0.25, 0.3) is 0 Å². The van der Waals surface area contributed by atoms with Gasteiger partial charge in [0.25, 0.3) is 0 Å². The van der Waals surface area contributed by atoms with Crippen LogP contribution in [0, 0.1) is 6.07 Å². The standard InChI is InChI=1S/C16H22NO/c18-15-17-14-10-5-3-1-2-4-7-11-16-12-8-6-9-13-16/h6,8-9,12H,1-5,7,10-11,14H2. The van der Waals surface area contributed by atoms with Gasteiger partial charge in [-0.1, -0.05) is 56.4 Å². The Bertz CT molecular complexity index is 341. The van der Waals surface area contributed by atoms with Crippen LogP contribution in [0.2, 0.25) is 0 Å². The summed E-state index contributed by atoms with van der Waals surface area (Å²) in [6, 6.07) is 11.5. The summed E-state index contributed by atoms with van der Waals surface area (Å²) in [4.78, 5) is 13.4. The third-order valence-electron chi connectivity index (χ3n) is 3.05. The number of unbranched alkanes of at least 4 members (excludes halogenated alkanes) is 6. The van der Waals surface area contributed by atoms with Crippen LogP contribution in [0.5, 0.6) is 0 Å². The molecule has 2 nitrogen and oxygen atoms in total. The van der Waals surface area contributed by atoms with Crippen molar-refractivity contribution in [3.8, 4) is 0 Å². The van der Waals surface area contributed by atoms with Crippen molar-refractivity contribution < 1.29 is 4.79 Å². The van der Waals surface area contributed by atoms with Crippen molar-refractivity contribution in [2.24, 2.45) is 4.99 Å². The average molecular weight is 244 g/mol. The predicted octanol–water partition coefficient (Wildman–Crippen LogP) is 4.10. The Balaban J connectivity index is 1.86. The molecule has 0 amide bonds. The zero-order chi connectivity index (χ0) is 12.9. The van der Waals surface area contributed by atoms with Gasteiger partial charge in [-0.15, -0.1) is 0 Å². The number of nitrogens with zero attached hydrogens (tertiary/aromatic N) is 1. The number of carbonyl (C=O) groups excluding carboxylic acids is 1. The van der Waals surface area contributed by atoms with Crippen molar-refractivity contribution in [1.82, 2.24) is 0 Å². The highest BCUT2D eigenvalue weighted by Crippen LogP contribution is 2.10. The zero-order valence-corrected chi connectivity index (χ0v) is 11.0. The highest BCUT2D eigenvalue weighted by atomic mass is 16.1. The molecule has 0 aliphatic carbocycles. The fraction of sp³-hybridized carbons (Fsp3) is 0.562. The van der Waals surface area contributed by atoms with Gasteiger partial charge in [-0.3, -0.25) is 0 Å². The minimum atomic E-state index is 0.646. The van der Waals surface area contributed by atoms with E-state index in [0.29, 0.717) is 6.54 Å². The van der Waals surface area contributed by atoms with E-state index in [9.17, 15) is 4.79 Å². The lowest BCUT2D eigenvalue weighted by Crippen LogP contribution is -1.87. The van der Waals surface area contributed by atoms with E-state index in [1.165, 1.54) is 44.1 Å². The quantitative estimate of drug-likeness (QED) is 0.346. The van der Waals surface area contributed by atoms with Crippen molar-refractivity contribution in [3.63, 3.8) is 0 Å². The molecule has 0 N–H and O–H groups in total. The molecule has 0 unspecified atom stereocenters. The molecule has 0 aliphatic rings. The van der Waals surface area contributed by atoms with E-state index in [4.69, 9.17) is 0 Å². The number of aliphatic imine (C=N–C) groups is 1. The van der Waals surface area contributed by atoms with E-state index in [2.05, 4.69) is 23.2 Å². The van der Waals surface area contributed by atoms with Gasteiger partial charge in [0, 0.05) is 0 Å².